The molecule has 0 spiro atoms. The van der Waals surface area contributed by atoms with E-state index in [2.05, 4.69) is 21.2 Å². The summed E-state index contributed by atoms with van der Waals surface area (Å²) in [5, 5.41) is 22.6. The zero-order chi connectivity index (χ0) is 27.5. The van der Waals surface area contributed by atoms with Crippen LogP contribution in [-0.4, -0.2) is 77.6 Å². The minimum absolute atomic E-state index is 0. The van der Waals surface area contributed by atoms with E-state index >= 15 is 0 Å². The molecule has 2 atom stereocenters. The summed E-state index contributed by atoms with van der Waals surface area (Å²) in [5.41, 5.74) is -1.07. The second kappa shape index (κ2) is 16.5. The summed E-state index contributed by atoms with van der Waals surface area (Å²) in [6.07, 6.45) is 1.62. The van der Waals surface area contributed by atoms with Crippen LogP contribution in [0.1, 0.15) is 26.7 Å². The van der Waals surface area contributed by atoms with Crippen molar-refractivity contribution in [2.45, 2.75) is 37.9 Å². The summed E-state index contributed by atoms with van der Waals surface area (Å²) in [5.74, 6) is -2.24. The van der Waals surface area contributed by atoms with Gasteiger partial charge in [-0.1, -0.05) is 15.9 Å². The minimum atomic E-state index is -0.649. The molecule has 0 amide bonds. The van der Waals surface area contributed by atoms with Gasteiger partial charge >= 0.3 is 0 Å². The van der Waals surface area contributed by atoms with Gasteiger partial charge in [0, 0.05) is 43.6 Å². The second-order valence-corrected chi connectivity index (χ2v) is 10.3. The summed E-state index contributed by atoms with van der Waals surface area (Å²) in [6.45, 7) is 7.93. The van der Waals surface area contributed by atoms with Crippen molar-refractivity contribution in [3.63, 3.8) is 0 Å². The molecule has 0 saturated carbocycles. The smallest absolute Gasteiger partial charge is 0.165 e. The number of nitrogens with zero attached hydrogens (tertiary/aromatic N) is 1. The van der Waals surface area contributed by atoms with Gasteiger partial charge in [0.25, 0.3) is 0 Å². The fourth-order valence-corrected chi connectivity index (χ4v) is 3.80. The summed E-state index contributed by atoms with van der Waals surface area (Å²) >= 11 is 3.11. The molecule has 2 aliphatic rings. The Kier molecular flexibility index (Phi) is 14.9. The maximum atomic E-state index is 13.2. The minimum Gasteiger partial charge on any atom is -0.490 e. The topological polar surface area (TPSA) is 74.2 Å². The predicted molar refractivity (Wildman–Crippen MR) is 145 cm³/mol. The van der Waals surface area contributed by atoms with Crippen molar-refractivity contribution >= 4 is 28.3 Å². The van der Waals surface area contributed by atoms with Gasteiger partial charge in [-0.25, -0.2) is 17.6 Å². The van der Waals surface area contributed by atoms with E-state index in [-0.39, 0.29) is 30.5 Å². The van der Waals surface area contributed by atoms with Gasteiger partial charge in [0.05, 0.1) is 17.8 Å². The number of halogens is 6. The highest BCUT2D eigenvalue weighted by atomic mass is 79.9. The first-order valence-electron chi connectivity index (χ1n) is 12.0. The third-order valence-electron chi connectivity index (χ3n) is 5.66. The van der Waals surface area contributed by atoms with Crippen LogP contribution in [0.4, 0.5) is 17.6 Å². The Bertz CT molecular complexity index is 980. The van der Waals surface area contributed by atoms with Crippen molar-refractivity contribution in [1.82, 2.24) is 10.2 Å². The molecule has 2 aliphatic heterocycles. The van der Waals surface area contributed by atoms with Crippen LogP contribution in [0.5, 0.6) is 11.5 Å². The zero-order valence-corrected chi connectivity index (χ0v) is 23.9. The normalized spacial score (nSPS) is 22.4. The Labute approximate surface area is 235 Å². The van der Waals surface area contributed by atoms with E-state index < -0.39 is 34.5 Å². The molecule has 2 fully saturated rings. The average Bonchev–Trinajstić information content (AvgIpc) is 3.40. The highest BCUT2D eigenvalue weighted by Crippen LogP contribution is 2.21. The second-order valence-electron chi connectivity index (χ2n) is 9.48. The molecule has 0 aromatic heterocycles. The van der Waals surface area contributed by atoms with E-state index in [4.69, 9.17) is 14.6 Å². The van der Waals surface area contributed by atoms with E-state index in [1.54, 1.807) is 6.92 Å². The van der Waals surface area contributed by atoms with Gasteiger partial charge in [0.2, 0.25) is 0 Å². The van der Waals surface area contributed by atoms with Gasteiger partial charge in [0.1, 0.15) is 18.2 Å². The van der Waals surface area contributed by atoms with Crippen molar-refractivity contribution in [1.29, 1.82) is 0 Å². The molecular formula is C26H36BrClF4N2O4. The molecule has 216 valence electrons. The van der Waals surface area contributed by atoms with Crippen molar-refractivity contribution < 1.29 is 37.2 Å². The molecule has 0 bridgehead atoms. The predicted octanol–water partition coefficient (Wildman–Crippen LogP) is 4.69. The number of alkyl halides is 1. The van der Waals surface area contributed by atoms with Crippen LogP contribution in [0.25, 0.3) is 0 Å². The highest BCUT2D eigenvalue weighted by molar-refractivity contribution is 9.09. The molecule has 2 saturated heterocycles. The Hall–Kier alpha value is -1.63. The lowest BCUT2D eigenvalue weighted by Gasteiger charge is -2.18. The number of likely N-dealkylation sites (tertiary alicyclic amines) is 1. The van der Waals surface area contributed by atoms with Gasteiger partial charge in [0.15, 0.2) is 23.1 Å². The number of hydrogen-bond donors (Lipinski definition) is 3. The average molecular weight is 632 g/mol. The van der Waals surface area contributed by atoms with Crippen LogP contribution in [0.2, 0.25) is 0 Å². The zero-order valence-electron chi connectivity index (χ0n) is 21.5. The van der Waals surface area contributed by atoms with Crippen LogP contribution in [0.15, 0.2) is 36.4 Å². The van der Waals surface area contributed by atoms with Gasteiger partial charge in [-0.05, 0) is 57.5 Å². The standard InChI is InChI=1S/C13H17F2NO2.C8H7BrF2O.C5H11NO.ClH/c1-13(17)4-5-16(9-13)6-7-18-12-8-10(14)2-3-11(12)15;9-3-4-12-8-5-6(10)1-2-7(8)11;1-5(7)2-3-6-4-5;/h2-3,8,17H,4-7,9H2,1H3;1-2,5H,3-4H2;6-7H,2-4H2,1H3;1H. The van der Waals surface area contributed by atoms with E-state index in [0.717, 1.165) is 68.9 Å². The molecule has 38 heavy (non-hydrogen) atoms. The number of ether oxygens (including phenoxy) is 2. The molecular weight excluding hydrogens is 596 g/mol. The lowest BCUT2D eigenvalue weighted by molar-refractivity contribution is 0.0668. The Balaban J connectivity index is 0.000000311. The third-order valence-corrected chi connectivity index (χ3v) is 5.99. The van der Waals surface area contributed by atoms with Crippen molar-refractivity contribution in [3.05, 3.63) is 59.7 Å². The third kappa shape index (κ3) is 12.9. The Morgan fingerprint density at radius 1 is 0.895 bits per heavy atom. The quantitative estimate of drug-likeness (QED) is 0.304. The monoisotopic (exact) mass is 630 g/mol. The fourth-order valence-electron chi connectivity index (χ4n) is 3.64. The van der Waals surface area contributed by atoms with E-state index in [1.807, 2.05) is 11.8 Å². The summed E-state index contributed by atoms with van der Waals surface area (Å²) in [6, 6.07) is 6.26. The molecule has 0 radical (unpaired) electrons. The Morgan fingerprint density at radius 3 is 1.84 bits per heavy atom. The molecule has 12 heteroatoms. The number of β-amino-alcohol motifs (C(OH)–C–C–N with tert-alkyl or cyclic N) is 2. The molecule has 2 aromatic rings. The first kappa shape index (κ1) is 34.4. The van der Waals surface area contributed by atoms with Crippen LogP contribution >= 0.6 is 28.3 Å². The summed E-state index contributed by atoms with van der Waals surface area (Å²) in [4.78, 5) is 2.04. The largest absolute Gasteiger partial charge is 0.490 e. The SMILES string of the molecule is CC1(O)CCN(CCOc2cc(F)ccc2F)C1.CC1(O)CCNC1.Cl.Fc1ccc(F)c(OCCBr)c1. The van der Waals surface area contributed by atoms with Crippen molar-refractivity contribution in [2.75, 3.05) is 51.3 Å². The van der Waals surface area contributed by atoms with Crippen LogP contribution in [0, 0.1) is 23.3 Å². The van der Waals surface area contributed by atoms with E-state index in [9.17, 15) is 22.7 Å². The van der Waals surface area contributed by atoms with Crippen LogP contribution in [0.3, 0.4) is 0 Å². The first-order chi connectivity index (χ1) is 17.4. The summed E-state index contributed by atoms with van der Waals surface area (Å²) in [7, 11) is 0. The molecule has 2 heterocycles. The van der Waals surface area contributed by atoms with Crippen molar-refractivity contribution in [2.24, 2.45) is 0 Å². The van der Waals surface area contributed by atoms with E-state index in [0.29, 0.717) is 25.0 Å². The fraction of sp³-hybridized carbons (Fsp3) is 0.538. The molecule has 6 nitrogen and oxygen atoms in total. The first-order valence-corrected chi connectivity index (χ1v) is 13.1. The maximum Gasteiger partial charge on any atom is 0.165 e. The van der Waals surface area contributed by atoms with Gasteiger partial charge < -0.3 is 25.0 Å². The number of benzene rings is 2. The van der Waals surface area contributed by atoms with Crippen LogP contribution in [-0.2, 0) is 0 Å². The number of hydrogen-bond acceptors (Lipinski definition) is 6. The maximum absolute atomic E-state index is 13.2. The molecule has 0 aliphatic carbocycles. The van der Waals surface area contributed by atoms with Crippen molar-refractivity contribution in [3.8, 4) is 11.5 Å². The van der Waals surface area contributed by atoms with E-state index in [1.165, 1.54) is 0 Å². The lowest BCUT2D eigenvalue weighted by Crippen LogP contribution is -2.32. The Morgan fingerprint density at radius 2 is 1.45 bits per heavy atom. The molecule has 2 unspecified atom stereocenters. The number of nitrogens with one attached hydrogen (secondary N) is 1. The molecule has 4 rings (SSSR count). The molecule has 3 N–H and O–H groups in total. The molecule has 2 aromatic carbocycles. The lowest BCUT2D eigenvalue weighted by atomic mass is 10.1. The van der Waals surface area contributed by atoms with Gasteiger partial charge in [-0.15, -0.1) is 12.4 Å². The van der Waals surface area contributed by atoms with Gasteiger partial charge in [-0.2, -0.15) is 0 Å². The summed E-state index contributed by atoms with van der Waals surface area (Å²) < 4.78 is 61.6. The van der Waals surface area contributed by atoms with Crippen LogP contribution < -0.4 is 14.8 Å². The highest BCUT2D eigenvalue weighted by Gasteiger charge is 2.30. The number of rotatable bonds is 7. The number of aliphatic hydroxyl groups is 2. The van der Waals surface area contributed by atoms with Gasteiger partial charge in [-0.3, -0.25) is 4.90 Å².